The van der Waals surface area contributed by atoms with Gasteiger partial charge in [0, 0.05) is 29.8 Å². The van der Waals surface area contributed by atoms with E-state index in [1.165, 1.54) is 16.8 Å². The summed E-state index contributed by atoms with van der Waals surface area (Å²) in [6.07, 6.45) is 0.892. The molecule has 1 atom stereocenters. The number of nitrogens with zero attached hydrogens (tertiary/aromatic N) is 1. The molecule has 1 aromatic carbocycles. The van der Waals surface area contributed by atoms with Crippen molar-refractivity contribution >= 4 is 33.0 Å². The third kappa shape index (κ3) is 4.06. The SMILES string of the molecule is CC(N)Cc1cc(Br)ccc1N(C)Cc1ccsc1. The zero-order chi connectivity index (χ0) is 13.8. The first-order valence-electron chi connectivity index (χ1n) is 6.32. The van der Waals surface area contributed by atoms with Gasteiger partial charge in [0.25, 0.3) is 0 Å². The summed E-state index contributed by atoms with van der Waals surface area (Å²) in [5.41, 5.74) is 9.85. The Morgan fingerprint density at radius 3 is 2.79 bits per heavy atom. The van der Waals surface area contributed by atoms with Crippen molar-refractivity contribution in [2.45, 2.75) is 25.9 Å². The molecule has 0 aliphatic rings. The van der Waals surface area contributed by atoms with Crippen LogP contribution in [0.3, 0.4) is 0 Å². The number of hydrogen-bond acceptors (Lipinski definition) is 3. The lowest BCUT2D eigenvalue weighted by molar-refractivity contribution is 0.734. The summed E-state index contributed by atoms with van der Waals surface area (Å²) in [4.78, 5) is 2.28. The van der Waals surface area contributed by atoms with Crippen molar-refractivity contribution in [2.75, 3.05) is 11.9 Å². The number of benzene rings is 1. The van der Waals surface area contributed by atoms with Crippen LogP contribution in [-0.2, 0) is 13.0 Å². The fraction of sp³-hybridized carbons (Fsp3) is 0.333. The predicted molar refractivity (Wildman–Crippen MR) is 87.9 cm³/mol. The van der Waals surface area contributed by atoms with E-state index < -0.39 is 0 Å². The molecular weight excluding hydrogens is 320 g/mol. The highest BCUT2D eigenvalue weighted by molar-refractivity contribution is 9.10. The zero-order valence-electron chi connectivity index (χ0n) is 11.3. The smallest absolute Gasteiger partial charge is 0.0434 e. The van der Waals surface area contributed by atoms with Gasteiger partial charge >= 0.3 is 0 Å². The minimum absolute atomic E-state index is 0.169. The largest absolute Gasteiger partial charge is 0.370 e. The van der Waals surface area contributed by atoms with Crippen molar-refractivity contribution in [2.24, 2.45) is 5.73 Å². The number of thiophene rings is 1. The Kier molecular flexibility index (Phi) is 5.02. The number of rotatable bonds is 5. The highest BCUT2D eigenvalue weighted by atomic mass is 79.9. The molecule has 1 aromatic heterocycles. The second-order valence-electron chi connectivity index (χ2n) is 4.94. The second-order valence-corrected chi connectivity index (χ2v) is 6.64. The van der Waals surface area contributed by atoms with E-state index >= 15 is 0 Å². The monoisotopic (exact) mass is 338 g/mol. The van der Waals surface area contributed by atoms with Gasteiger partial charge in [0.2, 0.25) is 0 Å². The van der Waals surface area contributed by atoms with Crippen molar-refractivity contribution in [3.8, 4) is 0 Å². The van der Waals surface area contributed by atoms with Crippen LogP contribution in [-0.4, -0.2) is 13.1 Å². The minimum Gasteiger partial charge on any atom is -0.370 e. The second kappa shape index (κ2) is 6.55. The maximum atomic E-state index is 5.95. The Balaban J connectivity index is 2.22. The predicted octanol–water partition coefficient (Wildman–Crippen LogP) is 4.04. The lowest BCUT2D eigenvalue weighted by Crippen LogP contribution is -2.22. The summed E-state index contributed by atoms with van der Waals surface area (Å²) in [6.45, 7) is 2.97. The molecule has 2 N–H and O–H groups in total. The van der Waals surface area contributed by atoms with E-state index in [0.29, 0.717) is 0 Å². The van der Waals surface area contributed by atoms with Crippen LogP contribution in [0.5, 0.6) is 0 Å². The summed E-state index contributed by atoms with van der Waals surface area (Å²) in [6, 6.07) is 8.76. The molecule has 0 fully saturated rings. The van der Waals surface area contributed by atoms with Gasteiger partial charge in [-0.1, -0.05) is 15.9 Å². The Hall–Kier alpha value is -0.840. The van der Waals surface area contributed by atoms with Gasteiger partial charge in [0.1, 0.15) is 0 Å². The quantitative estimate of drug-likeness (QED) is 0.891. The normalized spacial score (nSPS) is 12.4. The van der Waals surface area contributed by atoms with Crippen LogP contribution in [0.4, 0.5) is 5.69 Å². The fourth-order valence-corrected chi connectivity index (χ4v) is 3.25. The summed E-state index contributed by atoms with van der Waals surface area (Å²) in [5.74, 6) is 0. The van der Waals surface area contributed by atoms with Crippen LogP contribution in [0.15, 0.2) is 39.5 Å². The lowest BCUT2D eigenvalue weighted by atomic mass is 10.0. The van der Waals surface area contributed by atoms with Gasteiger partial charge < -0.3 is 10.6 Å². The molecule has 0 radical (unpaired) electrons. The average Bonchev–Trinajstić information content (AvgIpc) is 2.80. The molecule has 0 spiro atoms. The van der Waals surface area contributed by atoms with Crippen LogP contribution in [0.25, 0.3) is 0 Å². The van der Waals surface area contributed by atoms with Crippen LogP contribution < -0.4 is 10.6 Å². The summed E-state index contributed by atoms with van der Waals surface area (Å²) in [5, 5.41) is 4.31. The van der Waals surface area contributed by atoms with Gasteiger partial charge in [-0.15, -0.1) is 0 Å². The number of anilines is 1. The van der Waals surface area contributed by atoms with Gasteiger partial charge in [0.15, 0.2) is 0 Å². The maximum Gasteiger partial charge on any atom is 0.0434 e. The van der Waals surface area contributed by atoms with Crippen molar-refractivity contribution in [3.05, 3.63) is 50.6 Å². The van der Waals surface area contributed by atoms with Crippen LogP contribution in [0.1, 0.15) is 18.1 Å². The fourth-order valence-electron chi connectivity index (χ4n) is 2.18. The Morgan fingerprint density at radius 1 is 1.37 bits per heavy atom. The topological polar surface area (TPSA) is 29.3 Å². The minimum atomic E-state index is 0.169. The van der Waals surface area contributed by atoms with Crippen molar-refractivity contribution < 1.29 is 0 Å². The maximum absolute atomic E-state index is 5.95. The van der Waals surface area contributed by atoms with Crippen LogP contribution in [0, 0.1) is 0 Å². The van der Waals surface area contributed by atoms with E-state index in [4.69, 9.17) is 5.73 Å². The van der Waals surface area contributed by atoms with E-state index in [0.717, 1.165) is 17.4 Å². The van der Waals surface area contributed by atoms with E-state index in [1.807, 2.05) is 6.92 Å². The molecule has 0 aliphatic heterocycles. The first-order valence-corrected chi connectivity index (χ1v) is 8.06. The Bertz CT molecular complexity index is 523. The third-order valence-electron chi connectivity index (χ3n) is 2.99. The molecule has 0 saturated carbocycles. The molecule has 0 aliphatic carbocycles. The summed E-state index contributed by atoms with van der Waals surface area (Å²) >= 11 is 5.28. The lowest BCUT2D eigenvalue weighted by Gasteiger charge is -2.23. The number of hydrogen-bond donors (Lipinski definition) is 1. The first kappa shape index (κ1) is 14.6. The van der Waals surface area contributed by atoms with Gasteiger partial charge in [-0.05, 0) is 59.5 Å². The highest BCUT2D eigenvalue weighted by Crippen LogP contribution is 2.26. The Labute approximate surface area is 127 Å². The van der Waals surface area contributed by atoms with Crippen molar-refractivity contribution in [1.82, 2.24) is 0 Å². The molecule has 0 saturated heterocycles. The molecule has 2 nitrogen and oxygen atoms in total. The molecule has 4 heteroatoms. The molecule has 102 valence electrons. The highest BCUT2D eigenvalue weighted by Gasteiger charge is 2.10. The van der Waals surface area contributed by atoms with E-state index in [1.54, 1.807) is 11.3 Å². The molecule has 2 rings (SSSR count). The molecule has 19 heavy (non-hydrogen) atoms. The van der Waals surface area contributed by atoms with Crippen LogP contribution >= 0.6 is 27.3 Å². The van der Waals surface area contributed by atoms with E-state index in [9.17, 15) is 0 Å². The standard InChI is InChI=1S/C15H19BrN2S/c1-11(17)7-13-8-14(16)3-4-15(13)18(2)9-12-5-6-19-10-12/h3-6,8,10-11H,7,9,17H2,1-2H3. The molecule has 0 amide bonds. The molecule has 1 heterocycles. The summed E-state index contributed by atoms with van der Waals surface area (Å²) < 4.78 is 1.11. The van der Waals surface area contributed by atoms with Crippen molar-refractivity contribution in [3.63, 3.8) is 0 Å². The summed E-state index contributed by atoms with van der Waals surface area (Å²) in [7, 11) is 2.13. The third-order valence-corrected chi connectivity index (χ3v) is 4.22. The van der Waals surface area contributed by atoms with Gasteiger partial charge in [-0.2, -0.15) is 11.3 Å². The Morgan fingerprint density at radius 2 is 2.16 bits per heavy atom. The number of halogens is 1. The molecular formula is C15H19BrN2S. The van der Waals surface area contributed by atoms with Gasteiger partial charge in [0.05, 0.1) is 0 Å². The van der Waals surface area contributed by atoms with Gasteiger partial charge in [-0.3, -0.25) is 0 Å². The zero-order valence-corrected chi connectivity index (χ0v) is 13.7. The molecule has 0 bridgehead atoms. The van der Waals surface area contributed by atoms with Crippen molar-refractivity contribution in [1.29, 1.82) is 0 Å². The van der Waals surface area contributed by atoms with Gasteiger partial charge in [-0.25, -0.2) is 0 Å². The van der Waals surface area contributed by atoms with Crippen LogP contribution in [0.2, 0.25) is 0 Å². The molecule has 2 aromatic rings. The average molecular weight is 339 g/mol. The van der Waals surface area contributed by atoms with E-state index in [2.05, 4.69) is 62.9 Å². The molecule has 1 unspecified atom stereocenters. The van der Waals surface area contributed by atoms with E-state index in [-0.39, 0.29) is 6.04 Å². The first-order chi connectivity index (χ1) is 9.06. The number of nitrogens with two attached hydrogens (primary N) is 1.